The number of benzene rings is 4. The molecule has 1 atom stereocenters. The predicted molar refractivity (Wildman–Crippen MR) is 173 cm³/mol. The molecule has 45 heavy (non-hydrogen) atoms. The van der Waals surface area contributed by atoms with Gasteiger partial charge in [-0.3, -0.25) is 14.4 Å². The summed E-state index contributed by atoms with van der Waals surface area (Å²) in [5.41, 5.74) is 2.05. The van der Waals surface area contributed by atoms with Crippen molar-refractivity contribution in [2.24, 2.45) is 0 Å². The highest BCUT2D eigenvalue weighted by Crippen LogP contribution is 2.35. The molecule has 0 aliphatic carbocycles. The van der Waals surface area contributed by atoms with Crippen molar-refractivity contribution in [1.82, 2.24) is 5.32 Å². The Labute approximate surface area is 264 Å². The second-order valence-corrected chi connectivity index (χ2v) is 11.2. The van der Waals surface area contributed by atoms with Crippen LogP contribution in [0.25, 0.3) is 6.08 Å². The molecule has 5 rings (SSSR count). The lowest BCUT2D eigenvalue weighted by Crippen LogP contribution is -2.30. The fraction of sp³-hybridized carbons (Fsp3) is 0.147. The molecule has 10 nitrogen and oxygen atoms in total. The molecule has 0 bridgehead atoms. The summed E-state index contributed by atoms with van der Waals surface area (Å²) in [5.74, 6) is 0.965. The van der Waals surface area contributed by atoms with Gasteiger partial charge in [-0.1, -0.05) is 30.3 Å². The lowest BCUT2D eigenvalue weighted by atomic mass is 10.1. The summed E-state index contributed by atoms with van der Waals surface area (Å²) in [7, 11) is 3.02. The summed E-state index contributed by atoms with van der Waals surface area (Å²) in [6.07, 6.45) is 1.53. The van der Waals surface area contributed by atoms with Crippen LogP contribution >= 0.6 is 11.8 Å². The standard InChI is InChI=1S/C34H31N3O7S/c1-21(32(38)36-25-14-17-28-30(19-25)44-20-43-28)45-26-15-12-24(13-16-26)35-34(40)27(37-33(39)22-8-5-4-6-9-22)18-23-10-7-11-29(41-2)31(23)42-3/h4-19,21H,20H2,1-3H3,(H,35,40)(H,36,38)(H,37,39)/b27-18-. The molecule has 4 aromatic rings. The molecule has 0 radical (unpaired) electrons. The van der Waals surface area contributed by atoms with Crippen molar-refractivity contribution in [2.75, 3.05) is 31.6 Å². The number of hydrogen-bond donors (Lipinski definition) is 3. The molecule has 3 amide bonds. The van der Waals surface area contributed by atoms with Crippen molar-refractivity contribution >= 4 is 46.9 Å². The molecule has 1 aliphatic heterocycles. The van der Waals surface area contributed by atoms with Crippen molar-refractivity contribution in [3.8, 4) is 23.0 Å². The fourth-order valence-corrected chi connectivity index (χ4v) is 5.28. The van der Waals surface area contributed by atoms with Crippen LogP contribution in [-0.4, -0.2) is 44.0 Å². The van der Waals surface area contributed by atoms with Crippen LogP contribution in [0.2, 0.25) is 0 Å². The van der Waals surface area contributed by atoms with Crippen molar-refractivity contribution in [3.05, 3.63) is 108 Å². The number of carbonyl (C=O) groups excluding carboxylic acids is 3. The van der Waals surface area contributed by atoms with Gasteiger partial charge < -0.3 is 34.9 Å². The molecular formula is C34H31N3O7S. The highest BCUT2D eigenvalue weighted by molar-refractivity contribution is 8.00. The van der Waals surface area contributed by atoms with Crippen LogP contribution in [-0.2, 0) is 9.59 Å². The zero-order chi connectivity index (χ0) is 31.8. The van der Waals surface area contributed by atoms with Gasteiger partial charge in [0.05, 0.1) is 19.5 Å². The quantitative estimate of drug-likeness (QED) is 0.138. The van der Waals surface area contributed by atoms with Gasteiger partial charge in [-0.25, -0.2) is 0 Å². The third-order valence-electron chi connectivity index (χ3n) is 6.70. The first kappa shape index (κ1) is 31.0. The van der Waals surface area contributed by atoms with Gasteiger partial charge in [0.25, 0.3) is 11.8 Å². The number of ether oxygens (including phenoxy) is 4. The predicted octanol–water partition coefficient (Wildman–Crippen LogP) is 5.96. The van der Waals surface area contributed by atoms with E-state index in [4.69, 9.17) is 18.9 Å². The molecule has 0 spiro atoms. The summed E-state index contributed by atoms with van der Waals surface area (Å²) >= 11 is 1.37. The van der Waals surface area contributed by atoms with E-state index < -0.39 is 17.1 Å². The molecule has 230 valence electrons. The van der Waals surface area contributed by atoms with Crippen LogP contribution in [0.15, 0.2) is 102 Å². The topological polar surface area (TPSA) is 124 Å². The number of rotatable bonds is 11. The maximum absolute atomic E-state index is 13.5. The zero-order valence-electron chi connectivity index (χ0n) is 24.8. The van der Waals surface area contributed by atoms with E-state index in [0.717, 1.165) is 4.90 Å². The highest BCUT2D eigenvalue weighted by atomic mass is 32.2. The van der Waals surface area contributed by atoms with Gasteiger partial charge in [0.15, 0.2) is 23.0 Å². The molecule has 1 unspecified atom stereocenters. The van der Waals surface area contributed by atoms with Crippen molar-refractivity contribution in [2.45, 2.75) is 17.1 Å². The molecule has 4 aromatic carbocycles. The molecule has 0 saturated heterocycles. The SMILES string of the molecule is COc1cccc(/C=C(\NC(=O)c2ccccc2)C(=O)Nc2ccc(SC(C)C(=O)Nc3ccc4c(c3)OCO4)cc2)c1OC. The molecule has 0 aromatic heterocycles. The van der Waals surface area contributed by atoms with E-state index >= 15 is 0 Å². The van der Waals surface area contributed by atoms with Gasteiger partial charge in [-0.15, -0.1) is 11.8 Å². The Balaban J connectivity index is 1.27. The Hall–Kier alpha value is -5.42. The van der Waals surface area contributed by atoms with E-state index in [1.165, 1.54) is 32.1 Å². The average Bonchev–Trinajstić information content (AvgIpc) is 3.53. The number of thioether (sulfide) groups is 1. The third-order valence-corrected chi connectivity index (χ3v) is 7.81. The van der Waals surface area contributed by atoms with Crippen molar-refractivity contribution in [3.63, 3.8) is 0 Å². The molecule has 0 saturated carbocycles. The lowest BCUT2D eigenvalue weighted by Gasteiger charge is -2.15. The number of fused-ring (bicyclic) bond motifs is 1. The van der Waals surface area contributed by atoms with E-state index in [1.54, 1.807) is 78.9 Å². The van der Waals surface area contributed by atoms with E-state index in [-0.39, 0.29) is 18.4 Å². The van der Waals surface area contributed by atoms with Crippen LogP contribution < -0.4 is 34.9 Å². The number of methoxy groups -OCH3 is 2. The smallest absolute Gasteiger partial charge is 0.272 e. The van der Waals surface area contributed by atoms with E-state index in [1.807, 2.05) is 19.1 Å². The Kier molecular flexibility index (Phi) is 9.90. The second-order valence-electron chi connectivity index (χ2n) is 9.76. The fourth-order valence-electron chi connectivity index (χ4n) is 4.41. The largest absolute Gasteiger partial charge is 0.493 e. The first-order valence-corrected chi connectivity index (χ1v) is 14.8. The van der Waals surface area contributed by atoms with Crippen LogP contribution in [0.3, 0.4) is 0 Å². The number of para-hydroxylation sites is 1. The Morgan fingerprint density at radius 3 is 2.29 bits per heavy atom. The van der Waals surface area contributed by atoms with Gasteiger partial charge in [-0.2, -0.15) is 0 Å². The molecular weight excluding hydrogens is 594 g/mol. The molecule has 1 aliphatic rings. The van der Waals surface area contributed by atoms with Crippen LogP contribution in [0.1, 0.15) is 22.8 Å². The van der Waals surface area contributed by atoms with Crippen LogP contribution in [0.5, 0.6) is 23.0 Å². The average molecular weight is 626 g/mol. The number of anilines is 2. The number of nitrogens with one attached hydrogen (secondary N) is 3. The van der Waals surface area contributed by atoms with Crippen LogP contribution in [0.4, 0.5) is 11.4 Å². The Morgan fingerprint density at radius 1 is 0.822 bits per heavy atom. The number of amides is 3. The van der Waals surface area contributed by atoms with Crippen molar-refractivity contribution in [1.29, 1.82) is 0 Å². The molecule has 0 fully saturated rings. The maximum Gasteiger partial charge on any atom is 0.272 e. The van der Waals surface area contributed by atoms with E-state index in [0.29, 0.717) is 45.5 Å². The van der Waals surface area contributed by atoms with Gasteiger partial charge in [0, 0.05) is 33.5 Å². The minimum absolute atomic E-state index is 0.00247. The monoisotopic (exact) mass is 625 g/mol. The minimum Gasteiger partial charge on any atom is -0.493 e. The van der Waals surface area contributed by atoms with Gasteiger partial charge in [0.2, 0.25) is 12.7 Å². The van der Waals surface area contributed by atoms with Crippen molar-refractivity contribution < 1.29 is 33.3 Å². The Morgan fingerprint density at radius 2 is 1.56 bits per heavy atom. The first-order valence-electron chi connectivity index (χ1n) is 13.9. The van der Waals surface area contributed by atoms with E-state index in [9.17, 15) is 14.4 Å². The summed E-state index contributed by atoms with van der Waals surface area (Å²) in [6, 6.07) is 26.1. The van der Waals surface area contributed by atoms with E-state index in [2.05, 4.69) is 16.0 Å². The number of carbonyl (C=O) groups is 3. The zero-order valence-corrected chi connectivity index (χ0v) is 25.6. The summed E-state index contributed by atoms with van der Waals surface area (Å²) in [4.78, 5) is 40.1. The molecule has 3 N–H and O–H groups in total. The minimum atomic E-state index is -0.541. The number of hydrogen-bond acceptors (Lipinski definition) is 8. The highest BCUT2D eigenvalue weighted by Gasteiger charge is 2.19. The summed E-state index contributed by atoms with van der Waals surface area (Å²) in [5, 5.41) is 8.05. The third kappa shape index (κ3) is 7.76. The van der Waals surface area contributed by atoms with Gasteiger partial charge in [-0.05, 0) is 67.6 Å². The summed E-state index contributed by atoms with van der Waals surface area (Å²) in [6.45, 7) is 1.97. The van der Waals surface area contributed by atoms with Crippen LogP contribution in [0, 0.1) is 0 Å². The van der Waals surface area contributed by atoms with Gasteiger partial charge >= 0.3 is 0 Å². The summed E-state index contributed by atoms with van der Waals surface area (Å²) < 4.78 is 21.6. The maximum atomic E-state index is 13.5. The normalized spacial score (nSPS) is 12.6. The van der Waals surface area contributed by atoms with Gasteiger partial charge in [0.1, 0.15) is 5.70 Å². The lowest BCUT2D eigenvalue weighted by molar-refractivity contribution is -0.115. The Bertz CT molecular complexity index is 1730. The second kappa shape index (κ2) is 14.4. The molecule has 11 heteroatoms. The molecule has 1 heterocycles. The first-order chi connectivity index (χ1) is 21.8.